The molecule has 1 aliphatic carbocycles. The van der Waals surface area contributed by atoms with E-state index < -0.39 is 0 Å². The summed E-state index contributed by atoms with van der Waals surface area (Å²) in [6, 6.07) is 4.12. The van der Waals surface area contributed by atoms with Crippen LogP contribution in [0.2, 0.25) is 0 Å². The van der Waals surface area contributed by atoms with Gasteiger partial charge in [0.2, 0.25) is 0 Å². The Balaban J connectivity index is 1.76. The molecule has 0 bridgehead atoms. The van der Waals surface area contributed by atoms with Gasteiger partial charge in [-0.3, -0.25) is 4.79 Å². The molecule has 1 amide bonds. The summed E-state index contributed by atoms with van der Waals surface area (Å²) in [7, 11) is 1.94. The molecule has 1 aliphatic heterocycles. The van der Waals surface area contributed by atoms with Gasteiger partial charge in [0.25, 0.3) is 5.91 Å². The molecule has 1 aromatic heterocycles. The Morgan fingerprint density at radius 1 is 1.26 bits per heavy atom. The van der Waals surface area contributed by atoms with Crippen molar-refractivity contribution in [2.45, 2.75) is 38.6 Å². The number of amides is 1. The van der Waals surface area contributed by atoms with Gasteiger partial charge in [-0.1, -0.05) is 6.92 Å². The molecule has 0 spiro atoms. The normalized spacial score (nSPS) is 25.2. The summed E-state index contributed by atoms with van der Waals surface area (Å²) in [5.41, 5.74) is 0.718. The van der Waals surface area contributed by atoms with Crippen LogP contribution in [0.5, 0.6) is 0 Å². The van der Waals surface area contributed by atoms with E-state index in [4.69, 9.17) is 4.74 Å². The fraction of sp³-hybridized carbons (Fsp3) is 0.667. The highest BCUT2D eigenvalue weighted by molar-refractivity contribution is 5.99. The minimum atomic E-state index is 0.0964. The lowest BCUT2D eigenvalue weighted by Crippen LogP contribution is -2.41. The molecule has 0 unspecified atom stereocenters. The molecule has 23 heavy (non-hydrogen) atoms. The number of anilines is 1. The van der Waals surface area contributed by atoms with Crippen LogP contribution in [0.4, 0.5) is 5.82 Å². The molecule has 1 saturated carbocycles. The average Bonchev–Trinajstić information content (AvgIpc) is 2.62. The van der Waals surface area contributed by atoms with Gasteiger partial charge in [0.05, 0.1) is 18.8 Å². The number of carbonyl (C=O) groups excluding carboxylic acids is 1. The second kappa shape index (κ2) is 7.30. The molecule has 126 valence electrons. The lowest BCUT2D eigenvalue weighted by molar-refractivity contribution is 0.0678. The number of pyridine rings is 1. The molecular weight excluding hydrogens is 290 g/mol. The van der Waals surface area contributed by atoms with Crippen LogP contribution in [0.25, 0.3) is 0 Å². The quantitative estimate of drug-likeness (QED) is 0.859. The van der Waals surface area contributed by atoms with Gasteiger partial charge >= 0.3 is 0 Å². The number of morpholine rings is 1. The first kappa shape index (κ1) is 16.2. The van der Waals surface area contributed by atoms with E-state index in [0.29, 0.717) is 19.3 Å². The average molecular weight is 317 g/mol. The molecule has 0 aromatic carbocycles. The highest BCUT2D eigenvalue weighted by Gasteiger charge is 2.28. The van der Waals surface area contributed by atoms with E-state index in [-0.39, 0.29) is 5.91 Å². The first-order chi connectivity index (χ1) is 11.2. The van der Waals surface area contributed by atoms with Crippen LogP contribution < -0.4 is 4.90 Å². The summed E-state index contributed by atoms with van der Waals surface area (Å²) >= 11 is 0. The Labute approximate surface area is 138 Å². The molecule has 5 nitrogen and oxygen atoms in total. The highest BCUT2D eigenvalue weighted by Crippen LogP contribution is 2.28. The molecule has 0 atom stereocenters. The first-order valence-electron chi connectivity index (χ1n) is 8.71. The number of nitrogens with zero attached hydrogens (tertiary/aromatic N) is 3. The van der Waals surface area contributed by atoms with E-state index in [1.54, 1.807) is 6.20 Å². The Kier molecular flexibility index (Phi) is 5.16. The molecule has 0 radical (unpaired) electrons. The predicted octanol–water partition coefficient (Wildman–Crippen LogP) is 2.57. The van der Waals surface area contributed by atoms with E-state index in [0.717, 1.165) is 43.2 Å². The Bertz CT molecular complexity index is 535. The maximum atomic E-state index is 13.0. The largest absolute Gasteiger partial charge is 0.378 e. The number of hydrogen-bond acceptors (Lipinski definition) is 4. The molecule has 2 fully saturated rings. The van der Waals surface area contributed by atoms with E-state index >= 15 is 0 Å². The summed E-state index contributed by atoms with van der Waals surface area (Å²) in [6.45, 7) is 5.28. The van der Waals surface area contributed by atoms with E-state index in [9.17, 15) is 4.79 Å². The SMILES string of the molecule is CC1CCC(N(C)C(=O)c2cccnc2N2CCOCC2)CC1. The molecule has 1 saturated heterocycles. The molecular formula is C18H27N3O2. The smallest absolute Gasteiger partial charge is 0.257 e. The maximum Gasteiger partial charge on any atom is 0.257 e. The van der Waals surface area contributed by atoms with Crippen molar-refractivity contribution in [3.8, 4) is 0 Å². The van der Waals surface area contributed by atoms with Crippen molar-refractivity contribution in [2.75, 3.05) is 38.3 Å². The summed E-state index contributed by atoms with van der Waals surface area (Å²) in [4.78, 5) is 21.6. The Morgan fingerprint density at radius 3 is 2.65 bits per heavy atom. The third-order valence-electron chi connectivity index (χ3n) is 5.18. The predicted molar refractivity (Wildman–Crippen MR) is 90.8 cm³/mol. The molecule has 0 N–H and O–H groups in total. The second-order valence-corrected chi connectivity index (χ2v) is 6.80. The van der Waals surface area contributed by atoms with Crippen LogP contribution in [-0.4, -0.2) is 55.2 Å². The van der Waals surface area contributed by atoms with E-state index in [1.165, 1.54) is 12.8 Å². The molecule has 2 aliphatic rings. The standard InChI is InChI=1S/C18H27N3O2/c1-14-5-7-15(8-6-14)20(2)18(22)16-4-3-9-19-17(16)21-10-12-23-13-11-21/h3-4,9,14-15H,5-8,10-13H2,1-2H3. The van der Waals surface area contributed by atoms with Crippen molar-refractivity contribution < 1.29 is 9.53 Å². The zero-order valence-corrected chi connectivity index (χ0v) is 14.2. The van der Waals surface area contributed by atoms with Crippen molar-refractivity contribution in [2.24, 2.45) is 5.92 Å². The third-order valence-corrected chi connectivity index (χ3v) is 5.18. The molecule has 1 aromatic rings. The van der Waals surface area contributed by atoms with Gasteiger partial charge in [-0.05, 0) is 43.7 Å². The van der Waals surface area contributed by atoms with Crippen LogP contribution >= 0.6 is 0 Å². The Morgan fingerprint density at radius 2 is 1.96 bits per heavy atom. The molecule has 5 heteroatoms. The number of rotatable bonds is 3. The fourth-order valence-electron chi connectivity index (χ4n) is 3.58. The fourth-order valence-corrected chi connectivity index (χ4v) is 3.58. The summed E-state index contributed by atoms with van der Waals surface area (Å²) in [6.07, 6.45) is 6.41. The van der Waals surface area contributed by atoms with Crippen LogP contribution in [-0.2, 0) is 4.74 Å². The number of aromatic nitrogens is 1. The van der Waals surface area contributed by atoms with Crippen LogP contribution in [0, 0.1) is 5.92 Å². The van der Waals surface area contributed by atoms with Crippen molar-refractivity contribution in [1.29, 1.82) is 0 Å². The van der Waals surface area contributed by atoms with Crippen molar-refractivity contribution in [3.05, 3.63) is 23.9 Å². The second-order valence-electron chi connectivity index (χ2n) is 6.80. The topological polar surface area (TPSA) is 45.7 Å². The van der Waals surface area contributed by atoms with Crippen LogP contribution in [0.1, 0.15) is 43.0 Å². The molecule has 2 heterocycles. The number of carbonyl (C=O) groups is 1. The lowest BCUT2D eigenvalue weighted by Gasteiger charge is -2.35. The number of hydrogen-bond donors (Lipinski definition) is 0. The van der Waals surface area contributed by atoms with E-state index in [2.05, 4.69) is 16.8 Å². The van der Waals surface area contributed by atoms with E-state index in [1.807, 2.05) is 24.1 Å². The summed E-state index contributed by atoms with van der Waals surface area (Å²) in [5, 5.41) is 0. The lowest BCUT2D eigenvalue weighted by atomic mass is 9.86. The maximum absolute atomic E-state index is 13.0. The zero-order valence-electron chi connectivity index (χ0n) is 14.2. The van der Waals surface area contributed by atoms with Crippen molar-refractivity contribution in [1.82, 2.24) is 9.88 Å². The van der Waals surface area contributed by atoms with Gasteiger partial charge in [-0.2, -0.15) is 0 Å². The first-order valence-corrected chi connectivity index (χ1v) is 8.71. The molecule has 3 rings (SSSR count). The highest BCUT2D eigenvalue weighted by atomic mass is 16.5. The Hall–Kier alpha value is -1.62. The number of ether oxygens (including phenoxy) is 1. The van der Waals surface area contributed by atoms with Gasteiger partial charge < -0.3 is 14.5 Å². The van der Waals surface area contributed by atoms with Crippen LogP contribution in [0.3, 0.4) is 0 Å². The van der Waals surface area contributed by atoms with Crippen LogP contribution in [0.15, 0.2) is 18.3 Å². The van der Waals surface area contributed by atoms with Gasteiger partial charge in [-0.25, -0.2) is 4.98 Å². The zero-order chi connectivity index (χ0) is 16.2. The van der Waals surface area contributed by atoms with Gasteiger partial charge in [0, 0.05) is 32.4 Å². The van der Waals surface area contributed by atoms with Crippen molar-refractivity contribution in [3.63, 3.8) is 0 Å². The van der Waals surface area contributed by atoms with Gasteiger partial charge in [-0.15, -0.1) is 0 Å². The summed E-state index contributed by atoms with van der Waals surface area (Å²) < 4.78 is 5.41. The van der Waals surface area contributed by atoms with Crippen molar-refractivity contribution >= 4 is 11.7 Å². The van der Waals surface area contributed by atoms with Gasteiger partial charge in [0.15, 0.2) is 0 Å². The minimum Gasteiger partial charge on any atom is -0.378 e. The summed E-state index contributed by atoms with van der Waals surface area (Å²) in [5.74, 6) is 1.69. The minimum absolute atomic E-state index is 0.0964. The monoisotopic (exact) mass is 317 g/mol. The third kappa shape index (κ3) is 3.66. The van der Waals surface area contributed by atoms with Gasteiger partial charge in [0.1, 0.15) is 5.82 Å².